The highest BCUT2D eigenvalue weighted by molar-refractivity contribution is 5.77. The van der Waals surface area contributed by atoms with Crippen LogP contribution >= 0.6 is 0 Å². The van der Waals surface area contributed by atoms with E-state index in [1.807, 2.05) is 34.0 Å². The Kier molecular flexibility index (Phi) is 9.44. The molecular formula is C14H25N3O2. The Labute approximate surface area is 115 Å². The van der Waals surface area contributed by atoms with Gasteiger partial charge in [0.2, 0.25) is 5.91 Å². The summed E-state index contributed by atoms with van der Waals surface area (Å²) >= 11 is 0. The van der Waals surface area contributed by atoms with Crippen LogP contribution in [0.1, 0.15) is 32.3 Å². The number of hydrogen-bond acceptors (Lipinski definition) is 3. The first kappa shape index (κ1) is 17.4. The van der Waals surface area contributed by atoms with Crippen molar-refractivity contribution in [2.75, 3.05) is 20.6 Å². The van der Waals surface area contributed by atoms with Gasteiger partial charge in [0.05, 0.1) is 0 Å². The summed E-state index contributed by atoms with van der Waals surface area (Å²) in [7, 11) is 3.65. The first-order valence-electron chi connectivity index (χ1n) is 6.70. The van der Waals surface area contributed by atoms with Gasteiger partial charge in [0.15, 0.2) is 0 Å². The Balaban J connectivity index is 0.000000316. The van der Waals surface area contributed by atoms with Crippen molar-refractivity contribution in [1.29, 1.82) is 0 Å². The van der Waals surface area contributed by atoms with E-state index in [9.17, 15) is 9.59 Å². The molecule has 2 heterocycles. The smallest absolute Gasteiger partial charge is 0.252 e. The third kappa shape index (κ3) is 6.76. The Morgan fingerprint density at radius 2 is 2.05 bits per heavy atom. The van der Waals surface area contributed by atoms with Crippen molar-refractivity contribution in [2.24, 2.45) is 0 Å². The molecule has 1 aliphatic rings. The van der Waals surface area contributed by atoms with E-state index in [1.54, 1.807) is 17.2 Å². The second-order valence-corrected chi connectivity index (χ2v) is 3.97. The lowest BCUT2D eigenvalue weighted by Crippen LogP contribution is -2.17. The maximum atomic E-state index is 10.9. The fraction of sp³-hybridized carbons (Fsp3) is 0.571. The number of carbonyl (C=O) groups excluding carboxylic acids is 1. The second-order valence-electron chi connectivity index (χ2n) is 3.97. The van der Waals surface area contributed by atoms with Crippen molar-refractivity contribution < 1.29 is 4.79 Å². The van der Waals surface area contributed by atoms with E-state index in [0.717, 1.165) is 24.9 Å². The molecule has 0 aliphatic carbocycles. The van der Waals surface area contributed by atoms with Crippen LogP contribution in [-0.4, -0.2) is 36.4 Å². The Morgan fingerprint density at radius 1 is 1.37 bits per heavy atom. The standard InChI is InChI=1S/C7H10N2O.C5H9NO.C2H6/c1-8-5-6-3-2-4-9-7(6)10;1-6-4-2-3-5(6)7;1-2/h2-4,8H,5H2,1H3,(H,9,10);2-4H2,1H3;1-2H3. The van der Waals surface area contributed by atoms with Crippen LogP contribution in [0.5, 0.6) is 0 Å². The van der Waals surface area contributed by atoms with Crippen LogP contribution in [0.3, 0.4) is 0 Å². The Morgan fingerprint density at radius 3 is 2.42 bits per heavy atom. The van der Waals surface area contributed by atoms with Gasteiger partial charge in [-0.2, -0.15) is 0 Å². The van der Waals surface area contributed by atoms with Crippen molar-refractivity contribution in [3.63, 3.8) is 0 Å². The summed E-state index contributed by atoms with van der Waals surface area (Å²) in [6, 6.07) is 3.61. The average Bonchev–Trinajstić information content (AvgIpc) is 2.80. The van der Waals surface area contributed by atoms with Gasteiger partial charge in [0.25, 0.3) is 5.56 Å². The largest absolute Gasteiger partial charge is 0.346 e. The minimum Gasteiger partial charge on any atom is -0.346 e. The zero-order valence-electron chi connectivity index (χ0n) is 12.3. The molecule has 19 heavy (non-hydrogen) atoms. The van der Waals surface area contributed by atoms with Gasteiger partial charge in [-0.05, 0) is 19.5 Å². The van der Waals surface area contributed by atoms with Gasteiger partial charge in [-0.15, -0.1) is 0 Å². The fourth-order valence-electron chi connectivity index (χ4n) is 1.57. The molecule has 2 rings (SSSR count). The molecule has 1 saturated heterocycles. The molecule has 0 radical (unpaired) electrons. The number of nitrogens with one attached hydrogen (secondary N) is 2. The summed E-state index contributed by atoms with van der Waals surface area (Å²) in [5.41, 5.74) is 0.752. The third-order valence-electron chi connectivity index (χ3n) is 2.58. The SMILES string of the molecule is CC.CN1CCCC1=O.CNCc1ccc[nH]c1=O. The van der Waals surface area contributed by atoms with Gasteiger partial charge in [-0.1, -0.05) is 19.9 Å². The maximum Gasteiger partial charge on any atom is 0.252 e. The van der Waals surface area contributed by atoms with Crippen molar-refractivity contribution in [2.45, 2.75) is 33.2 Å². The van der Waals surface area contributed by atoms with Gasteiger partial charge >= 0.3 is 0 Å². The quantitative estimate of drug-likeness (QED) is 0.850. The van der Waals surface area contributed by atoms with Crippen molar-refractivity contribution >= 4 is 5.91 Å². The highest BCUT2D eigenvalue weighted by Crippen LogP contribution is 2.04. The van der Waals surface area contributed by atoms with Crippen LogP contribution < -0.4 is 10.9 Å². The molecule has 0 spiro atoms. The summed E-state index contributed by atoms with van der Waals surface area (Å²) in [4.78, 5) is 25.8. The lowest BCUT2D eigenvalue weighted by molar-refractivity contribution is -0.126. The van der Waals surface area contributed by atoms with Gasteiger partial charge < -0.3 is 15.2 Å². The Hall–Kier alpha value is -1.62. The van der Waals surface area contributed by atoms with E-state index >= 15 is 0 Å². The number of pyridine rings is 1. The molecule has 0 bridgehead atoms. The Bertz CT molecular complexity index is 415. The molecule has 0 atom stereocenters. The predicted molar refractivity (Wildman–Crippen MR) is 78.0 cm³/mol. The van der Waals surface area contributed by atoms with Crippen molar-refractivity contribution in [3.8, 4) is 0 Å². The summed E-state index contributed by atoms with van der Waals surface area (Å²) in [6.07, 6.45) is 3.44. The summed E-state index contributed by atoms with van der Waals surface area (Å²) < 4.78 is 0. The first-order valence-corrected chi connectivity index (χ1v) is 6.70. The summed E-state index contributed by atoms with van der Waals surface area (Å²) in [5.74, 6) is 0.292. The number of hydrogen-bond donors (Lipinski definition) is 2. The number of aromatic nitrogens is 1. The van der Waals surface area contributed by atoms with Crippen molar-refractivity contribution in [3.05, 3.63) is 34.2 Å². The van der Waals surface area contributed by atoms with Crippen LogP contribution in [-0.2, 0) is 11.3 Å². The zero-order valence-corrected chi connectivity index (χ0v) is 12.3. The molecule has 1 amide bonds. The van der Waals surface area contributed by atoms with Gasteiger partial charge in [0.1, 0.15) is 0 Å². The minimum atomic E-state index is -0.0168. The molecule has 1 aliphatic heterocycles. The van der Waals surface area contributed by atoms with Crippen molar-refractivity contribution in [1.82, 2.24) is 15.2 Å². The molecule has 1 aromatic heterocycles. The van der Waals surface area contributed by atoms with E-state index in [4.69, 9.17) is 0 Å². The molecule has 1 fully saturated rings. The van der Waals surface area contributed by atoms with Gasteiger partial charge in [-0.25, -0.2) is 0 Å². The molecule has 0 saturated carbocycles. The highest BCUT2D eigenvalue weighted by Gasteiger charge is 2.14. The van der Waals surface area contributed by atoms with E-state index in [2.05, 4.69) is 10.3 Å². The molecule has 0 aromatic carbocycles. The lowest BCUT2D eigenvalue weighted by Gasteiger charge is -2.03. The van der Waals surface area contributed by atoms with Gasteiger partial charge in [-0.3, -0.25) is 9.59 Å². The second kappa shape index (κ2) is 10.3. The number of nitrogens with zero attached hydrogens (tertiary/aromatic N) is 1. The molecule has 108 valence electrons. The molecule has 2 N–H and O–H groups in total. The third-order valence-corrected chi connectivity index (χ3v) is 2.58. The van der Waals surface area contributed by atoms with E-state index in [-0.39, 0.29) is 5.56 Å². The maximum absolute atomic E-state index is 10.9. The number of carbonyl (C=O) groups is 1. The van der Waals surface area contributed by atoms with Crippen LogP contribution in [0.2, 0.25) is 0 Å². The number of amides is 1. The monoisotopic (exact) mass is 267 g/mol. The van der Waals surface area contributed by atoms with Crippen LogP contribution in [0.4, 0.5) is 0 Å². The van der Waals surface area contributed by atoms with Crippen LogP contribution in [0.25, 0.3) is 0 Å². The molecule has 1 aromatic rings. The highest BCUT2D eigenvalue weighted by atomic mass is 16.2. The predicted octanol–water partition coefficient (Wildman–Crippen LogP) is 1.36. The molecular weight excluding hydrogens is 242 g/mol. The van der Waals surface area contributed by atoms with Gasteiger partial charge in [0, 0.05) is 38.3 Å². The molecule has 5 heteroatoms. The molecule has 0 unspecified atom stereocenters. The van der Waals surface area contributed by atoms with E-state index < -0.39 is 0 Å². The van der Waals surface area contributed by atoms with E-state index in [0.29, 0.717) is 12.5 Å². The summed E-state index contributed by atoms with van der Waals surface area (Å²) in [5, 5.41) is 2.90. The number of likely N-dealkylation sites (tertiary alicyclic amines) is 1. The number of rotatable bonds is 2. The zero-order chi connectivity index (χ0) is 14.7. The first-order chi connectivity index (χ1) is 9.15. The average molecular weight is 267 g/mol. The van der Waals surface area contributed by atoms with E-state index in [1.165, 1.54) is 0 Å². The van der Waals surface area contributed by atoms with Crippen LogP contribution in [0, 0.1) is 0 Å². The normalized spacial score (nSPS) is 13.3. The minimum absolute atomic E-state index is 0.0168. The molecule has 5 nitrogen and oxygen atoms in total. The summed E-state index contributed by atoms with van der Waals surface area (Å²) in [6.45, 7) is 5.58. The lowest BCUT2D eigenvalue weighted by atomic mass is 10.3. The topological polar surface area (TPSA) is 65.2 Å². The number of aromatic amines is 1. The fourth-order valence-corrected chi connectivity index (χ4v) is 1.57. The van der Waals surface area contributed by atoms with Crippen LogP contribution in [0.15, 0.2) is 23.1 Å². The number of H-pyrrole nitrogens is 1.